The Morgan fingerprint density at radius 2 is 2.50 bits per heavy atom. The van der Waals surface area contributed by atoms with Crippen molar-refractivity contribution in [1.29, 1.82) is 0 Å². The quantitative estimate of drug-likeness (QED) is 0.582. The van der Waals surface area contributed by atoms with Crippen molar-refractivity contribution in [2.75, 3.05) is 24.5 Å². The van der Waals surface area contributed by atoms with Crippen LogP contribution >= 0.6 is 0 Å². The first-order chi connectivity index (χ1) is 7.63. The average molecular weight is 225 g/mol. The molecule has 0 spiro atoms. The van der Waals surface area contributed by atoms with Gasteiger partial charge >= 0.3 is 5.82 Å². The Bertz CT molecular complexity index is 403. The molecule has 1 saturated heterocycles. The largest absolute Gasteiger partial charge is 0.406 e. The third kappa shape index (κ3) is 1.73. The Morgan fingerprint density at radius 1 is 1.75 bits per heavy atom. The minimum Gasteiger partial charge on any atom is -0.358 e. The van der Waals surface area contributed by atoms with Crippen molar-refractivity contribution in [3.63, 3.8) is 0 Å². The minimum atomic E-state index is -0.439. The molecule has 0 radical (unpaired) electrons. The Balaban J connectivity index is 2.26. The highest BCUT2D eigenvalue weighted by Gasteiger charge is 2.30. The fourth-order valence-electron chi connectivity index (χ4n) is 2.12. The van der Waals surface area contributed by atoms with Gasteiger partial charge in [-0.1, -0.05) is 0 Å². The highest BCUT2D eigenvalue weighted by atomic mass is 16.6. The predicted molar refractivity (Wildman–Crippen MR) is 59.2 cm³/mol. The molecule has 1 aliphatic heterocycles. The molecule has 0 bridgehead atoms. The van der Waals surface area contributed by atoms with E-state index in [-0.39, 0.29) is 5.82 Å². The van der Waals surface area contributed by atoms with Gasteiger partial charge in [0, 0.05) is 20.1 Å². The second kappa shape index (κ2) is 4.09. The molecule has 16 heavy (non-hydrogen) atoms. The van der Waals surface area contributed by atoms with Gasteiger partial charge in [-0.05, 0) is 28.8 Å². The van der Waals surface area contributed by atoms with Crippen molar-refractivity contribution < 1.29 is 4.92 Å². The highest BCUT2D eigenvalue weighted by molar-refractivity contribution is 5.55. The number of aromatic nitrogens is 2. The molecule has 0 amide bonds. The zero-order valence-corrected chi connectivity index (χ0v) is 9.17. The van der Waals surface area contributed by atoms with Crippen LogP contribution in [0.2, 0.25) is 0 Å². The summed E-state index contributed by atoms with van der Waals surface area (Å²) < 4.78 is 1.69. The predicted octanol–water partition coefficient (Wildman–Crippen LogP) is 0.113. The van der Waals surface area contributed by atoms with Crippen molar-refractivity contribution in [2.45, 2.75) is 6.42 Å². The molecule has 7 heteroatoms. The van der Waals surface area contributed by atoms with Crippen molar-refractivity contribution in [2.24, 2.45) is 18.7 Å². The lowest BCUT2D eigenvalue weighted by molar-refractivity contribution is -0.388. The average Bonchev–Trinajstić information content (AvgIpc) is 2.83. The van der Waals surface area contributed by atoms with E-state index in [1.54, 1.807) is 11.6 Å². The zero-order chi connectivity index (χ0) is 11.7. The van der Waals surface area contributed by atoms with E-state index < -0.39 is 4.92 Å². The standard InChI is InChI=1S/C9H15N5O2/c1-12-6-11-8(14(15)16)9(12)13-3-2-7(4-10)5-13/h6-7H,2-5,10H2,1H3. The molecule has 0 aliphatic carbocycles. The number of hydrogen-bond donors (Lipinski definition) is 1. The summed E-state index contributed by atoms with van der Waals surface area (Å²) in [6, 6.07) is 0. The van der Waals surface area contributed by atoms with E-state index in [9.17, 15) is 10.1 Å². The summed E-state index contributed by atoms with van der Waals surface area (Å²) in [7, 11) is 1.77. The van der Waals surface area contributed by atoms with E-state index in [4.69, 9.17) is 5.73 Å². The normalized spacial score (nSPS) is 20.4. The minimum absolute atomic E-state index is 0.0693. The third-order valence-corrected chi connectivity index (χ3v) is 2.98. The first kappa shape index (κ1) is 10.9. The zero-order valence-electron chi connectivity index (χ0n) is 9.17. The van der Waals surface area contributed by atoms with Crippen LogP contribution in [0.1, 0.15) is 6.42 Å². The topological polar surface area (TPSA) is 90.2 Å². The van der Waals surface area contributed by atoms with E-state index in [0.717, 1.165) is 19.5 Å². The number of hydrogen-bond acceptors (Lipinski definition) is 5. The molecular formula is C9H15N5O2. The molecule has 0 saturated carbocycles. The SMILES string of the molecule is Cn1cnc([N+](=O)[O-])c1N1CCC(CN)C1. The summed E-state index contributed by atoms with van der Waals surface area (Å²) in [5.74, 6) is 0.940. The van der Waals surface area contributed by atoms with Gasteiger partial charge < -0.3 is 20.7 Å². The lowest BCUT2D eigenvalue weighted by Gasteiger charge is -2.17. The van der Waals surface area contributed by atoms with Gasteiger partial charge in [-0.15, -0.1) is 0 Å². The number of aryl methyl sites for hydroxylation is 1. The van der Waals surface area contributed by atoms with Crippen LogP contribution in [-0.4, -0.2) is 34.1 Å². The first-order valence-electron chi connectivity index (χ1n) is 5.24. The van der Waals surface area contributed by atoms with E-state index in [1.807, 2.05) is 4.90 Å². The van der Waals surface area contributed by atoms with Crippen LogP contribution in [-0.2, 0) is 7.05 Å². The molecule has 0 aromatic carbocycles. The molecule has 1 aliphatic rings. The lowest BCUT2D eigenvalue weighted by Crippen LogP contribution is -2.24. The van der Waals surface area contributed by atoms with Crippen LogP contribution in [0.25, 0.3) is 0 Å². The summed E-state index contributed by atoms with van der Waals surface area (Å²) in [6.45, 7) is 2.21. The second-order valence-electron chi connectivity index (χ2n) is 4.10. The second-order valence-corrected chi connectivity index (χ2v) is 4.10. The van der Waals surface area contributed by atoms with Gasteiger partial charge in [-0.25, -0.2) is 0 Å². The summed E-state index contributed by atoms with van der Waals surface area (Å²) >= 11 is 0. The molecule has 1 atom stereocenters. The van der Waals surface area contributed by atoms with Crippen LogP contribution in [0, 0.1) is 16.0 Å². The van der Waals surface area contributed by atoms with Crippen molar-refractivity contribution >= 4 is 11.6 Å². The lowest BCUT2D eigenvalue weighted by atomic mass is 10.1. The summed E-state index contributed by atoms with van der Waals surface area (Å²) in [5.41, 5.74) is 5.60. The van der Waals surface area contributed by atoms with Crippen LogP contribution in [0.15, 0.2) is 6.33 Å². The number of nitrogens with two attached hydrogens (primary N) is 1. The third-order valence-electron chi connectivity index (χ3n) is 2.98. The molecule has 2 heterocycles. The van der Waals surface area contributed by atoms with Gasteiger partial charge in [0.15, 0.2) is 0 Å². The Morgan fingerprint density at radius 3 is 3.06 bits per heavy atom. The van der Waals surface area contributed by atoms with Crippen LogP contribution in [0.5, 0.6) is 0 Å². The van der Waals surface area contributed by atoms with Gasteiger partial charge in [0.2, 0.25) is 12.1 Å². The Labute approximate surface area is 93.0 Å². The summed E-state index contributed by atoms with van der Waals surface area (Å²) in [5, 5.41) is 10.8. The number of nitrogens with zero attached hydrogens (tertiary/aromatic N) is 4. The molecule has 1 aromatic heterocycles. The monoisotopic (exact) mass is 225 g/mol. The fraction of sp³-hybridized carbons (Fsp3) is 0.667. The Kier molecular flexibility index (Phi) is 2.78. The van der Waals surface area contributed by atoms with Crippen molar-refractivity contribution in [3.8, 4) is 0 Å². The van der Waals surface area contributed by atoms with Gasteiger partial charge in [0.1, 0.15) is 0 Å². The van der Waals surface area contributed by atoms with Crippen LogP contribution < -0.4 is 10.6 Å². The summed E-state index contributed by atoms with van der Waals surface area (Å²) in [4.78, 5) is 16.2. The van der Waals surface area contributed by atoms with E-state index in [2.05, 4.69) is 4.98 Å². The van der Waals surface area contributed by atoms with Crippen LogP contribution in [0.3, 0.4) is 0 Å². The van der Waals surface area contributed by atoms with Crippen molar-refractivity contribution in [3.05, 3.63) is 16.4 Å². The smallest absolute Gasteiger partial charge is 0.358 e. The molecule has 2 rings (SSSR count). The Hall–Kier alpha value is -1.63. The van der Waals surface area contributed by atoms with E-state index in [1.165, 1.54) is 6.33 Å². The number of nitro groups is 1. The van der Waals surface area contributed by atoms with Gasteiger partial charge in [-0.3, -0.25) is 4.57 Å². The number of rotatable bonds is 3. The molecule has 2 N–H and O–H groups in total. The van der Waals surface area contributed by atoms with Crippen LogP contribution in [0.4, 0.5) is 11.6 Å². The van der Waals surface area contributed by atoms with Gasteiger partial charge in [0.25, 0.3) is 0 Å². The first-order valence-corrected chi connectivity index (χ1v) is 5.24. The maximum absolute atomic E-state index is 10.8. The van der Waals surface area contributed by atoms with Gasteiger partial charge in [-0.2, -0.15) is 0 Å². The maximum atomic E-state index is 10.8. The molecular weight excluding hydrogens is 210 g/mol. The fourth-order valence-corrected chi connectivity index (χ4v) is 2.12. The van der Waals surface area contributed by atoms with Gasteiger partial charge in [0.05, 0.1) is 0 Å². The number of imidazole rings is 1. The molecule has 1 unspecified atom stereocenters. The molecule has 1 aromatic rings. The molecule has 88 valence electrons. The summed E-state index contributed by atoms with van der Waals surface area (Å²) in [6.07, 6.45) is 2.46. The molecule has 7 nitrogen and oxygen atoms in total. The maximum Gasteiger partial charge on any atom is 0.406 e. The molecule has 1 fully saturated rings. The van der Waals surface area contributed by atoms with E-state index >= 15 is 0 Å². The van der Waals surface area contributed by atoms with Crippen molar-refractivity contribution in [1.82, 2.24) is 9.55 Å². The number of anilines is 1. The highest BCUT2D eigenvalue weighted by Crippen LogP contribution is 2.30. The van der Waals surface area contributed by atoms with E-state index in [0.29, 0.717) is 18.3 Å².